The number of benzene rings is 1. The first kappa shape index (κ1) is 17.5. The number of pyridine rings is 1. The highest BCUT2D eigenvalue weighted by Crippen LogP contribution is 2.35. The Bertz CT molecular complexity index is 1060. The fourth-order valence-corrected chi connectivity index (χ4v) is 3.68. The number of thioether (sulfide) groups is 1. The summed E-state index contributed by atoms with van der Waals surface area (Å²) in [6.45, 7) is 4.15. The first-order chi connectivity index (χ1) is 13.1. The molecule has 0 aliphatic carbocycles. The minimum absolute atomic E-state index is 0.0838. The van der Waals surface area contributed by atoms with E-state index in [1.54, 1.807) is 24.2 Å². The lowest BCUT2D eigenvalue weighted by Gasteiger charge is -2.07. The van der Waals surface area contributed by atoms with E-state index in [1.165, 1.54) is 5.56 Å². The summed E-state index contributed by atoms with van der Waals surface area (Å²) in [4.78, 5) is 4.05. The van der Waals surface area contributed by atoms with Crippen LogP contribution in [0.2, 0.25) is 0 Å². The van der Waals surface area contributed by atoms with Gasteiger partial charge in [-0.15, -0.1) is 10.2 Å². The first-order valence-electron chi connectivity index (χ1n) is 8.62. The fourth-order valence-electron chi connectivity index (χ4n) is 2.80. The van der Waals surface area contributed by atoms with E-state index in [-0.39, 0.29) is 5.25 Å². The third-order valence-corrected chi connectivity index (χ3v) is 5.46. The summed E-state index contributed by atoms with van der Waals surface area (Å²) in [6, 6.07) is 14.0. The van der Waals surface area contributed by atoms with Gasteiger partial charge in [-0.25, -0.2) is 0 Å². The maximum atomic E-state index is 5.56. The highest BCUT2D eigenvalue weighted by atomic mass is 32.2. The standard InChI is InChI=1S/C20H19N5OS/c1-13-5-4-6-16(11-13)18-12-17(24-26-18)14(2)27-20-23-22-19(25(20)3)15-7-9-21-10-8-15/h4-12,14H,1-3H3. The minimum Gasteiger partial charge on any atom is -0.356 e. The van der Waals surface area contributed by atoms with Gasteiger partial charge in [0.2, 0.25) is 0 Å². The zero-order chi connectivity index (χ0) is 18.8. The highest BCUT2D eigenvalue weighted by Gasteiger charge is 2.18. The maximum Gasteiger partial charge on any atom is 0.191 e. The Labute approximate surface area is 161 Å². The molecule has 0 radical (unpaired) electrons. The van der Waals surface area contributed by atoms with Gasteiger partial charge in [0.15, 0.2) is 16.7 Å². The van der Waals surface area contributed by atoms with E-state index >= 15 is 0 Å². The Kier molecular flexibility index (Phi) is 4.77. The molecule has 0 aliphatic rings. The quantitative estimate of drug-likeness (QED) is 0.470. The van der Waals surface area contributed by atoms with Crippen LogP contribution in [0, 0.1) is 6.92 Å². The molecular weight excluding hydrogens is 358 g/mol. The Morgan fingerprint density at radius 3 is 2.63 bits per heavy atom. The molecule has 1 aromatic carbocycles. The molecule has 0 fully saturated rings. The van der Waals surface area contributed by atoms with Crippen LogP contribution in [-0.2, 0) is 7.05 Å². The highest BCUT2D eigenvalue weighted by molar-refractivity contribution is 7.99. The zero-order valence-electron chi connectivity index (χ0n) is 15.3. The number of hydrogen-bond acceptors (Lipinski definition) is 6. The van der Waals surface area contributed by atoms with Gasteiger partial charge in [-0.2, -0.15) is 0 Å². The van der Waals surface area contributed by atoms with Crippen LogP contribution in [-0.4, -0.2) is 24.9 Å². The molecule has 1 atom stereocenters. The topological polar surface area (TPSA) is 69.6 Å². The van der Waals surface area contributed by atoms with Crippen LogP contribution >= 0.6 is 11.8 Å². The summed E-state index contributed by atoms with van der Waals surface area (Å²) in [5, 5.41) is 13.8. The van der Waals surface area contributed by atoms with E-state index in [2.05, 4.69) is 46.3 Å². The largest absolute Gasteiger partial charge is 0.356 e. The van der Waals surface area contributed by atoms with Crippen LogP contribution in [0.4, 0.5) is 0 Å². The van der Waals surface area contributed by atoms with Crippen molar-refractivity contribution >= 4 is 11.8 Å². The molecule has 0 aliphatic heterocycles. The van der Waals surface area contributed by atoms with Gasteiger partial charge >= 0.3 is 0 Å². The van der Waals surface area contributed by atoms with Crippen molar-refractivity contribution in [2.24, 2.45) is 7.05 Å². The molecule has 0 spiro atoms. The molecule has 1 unspecified atom stereocenters. The van der Waals surface area contributed by atoms with E-state index in [0.29, 0.717) is 0 Å². The van der Waals surface area contributed by atoms with Crippen molar-refractivity contribution in [1.82, 2.24) is 24.9 Å². The molecule has 0 amide bonds. The second kappa shape index (κ2) is 7.36. The van der Waals surface area contributed by atoms with Crippen molar-refractivity contribution in [2.45, 2.75) is 24.3 Å². The molecule has 6 nitrogen and oxygen atoms in total. The second-order valence-electron chi connectivity index (χ2n) is 6.35. The molecule has 7 heteroatoms. The van der Waals surface area contributed by atoms with Crippen molar-refractivity contribution in [3.8, 4) is 22.7 Å². The van der Waals surface area contributed by atoms with Crippen molar-refractivity contribution in [3.63, 3.8) is 0 Å². The number of hydrogen-bond donors (Lipinski definition) is 0. The van der Waals surface area contributed by atoms with E-state index in [1.807, 2.05) is 41.9 Å². The van der Waals surface area contributed by atoms with Gasteiger partial charge < -0.3 is 9.09 Å². The number of rotatable bonds is 5. The monoisotopic (exact) mass is 377 g/mol. The summed E-state index contributed by atoms with van der Waals surface area (Å²) in [5.74, 6) is 1.59. The van der Waals surface area contributed by atoms with Gasteiger partial charge in [0.05, 0.1) is 10.9 Å². The number of nitrogens with zero attached hydrogens (tertiary/aromatic N) is 5. The van der Waals surface area contributed by atoms with Crippen molar-refractivity contribution in [2.75, 3.05) is 0 Å². The molecule has 4 aromatic rings. The van der Waals surface area contributed by atoms with Gasteiger partial charge in [-0.1, -0.05) is 40.7 Å². The Morgan fingerprint density at radius 2 is 1.85 bits per heavy atom. The molecule has 0 N–H and O–H groups in total. The lowest BCUT2D eigenvalue weighted by Crippen LogP contribution is -1.97. The van der Waals surface area contributed by atoms with Gasteiger partial charge in [-0.05, 0) is 32.0 Å². The van der Waals surface area contributed by atoms with Crippen LogP contribution in [0.1, 0.15) is 23.4 Å². The third kappa shape index (κ3) is 3.64. The SMILES string of the molecule is Cc1cccc(-c2cc(C(C)Sc3nnc(-c4ccncc4)n3C)no2)c1. The summed E-state index contributed by atoms with van der Waals surface area (Å²) in [5.41, 5.74) is 4.09. The normalized spacial score (nSPS) is 12.3. The first-order valence-corrected chi connectivity index (χ1v) is 9.50. The third-order valence-electron chi connectivity index (χ3n) is 4.30. The van der Waals surface area contributed by atoms with Gasteiger partial charge in [-0.3, -0.25) is 4.98 Å². The van der Waals surface area contributed by atoms with Crippen LogP contribution in [0.25, 0.3) is 22.7 Å². The van der Waals surface area contributed by atoms with Gasteiger partial charge in [0.1, 0.15) is 0 Å². The molecule has 4 rings (SSSR count). The molecule has 3 aromatic heterocycles. The second-order valence-corrected chi connectivity index (χ2v) is 7.65. The van der Waals surface area contributed by atoms with Crippen LogP contribution in [0.15, 0.2) is 64.5 Å². The molecular formula is C20H19N5OS. The molecule has 0 saturated heterocycles. The fraction of sp³-hybridized carbons (Fsp3) is 0.200. The summed E-state index contributed by atoms with van der Waals surface area (Å²) >= 11 is 1.60. The van der Waals surface area contributed by atoms with Crippen LogP contribution in [0.5, 0.6) is 0 Å². The number of aromatic nitrogens is 5. The average molecular weight is 377 g/mol. The average Bonchev–Trinajstić information content (AvgIpc) is 3.31. The van der Waals surface area contributed by atoms with E-state index < -0.39 is 0 Å². The smallest absolute Gasteiger partial charge is 0.191 e. The Hall–Kier alpha value is -2.93. The van der Waals surface area contributed by atoms with Crippen LogP contribution in [0.3, 0.4) is 0 Å². The predicted octanol–water partition coefficient (Wildman–Crippen LogP) is 4.69. The Morgan fingerprint density at radius 1 is 1.04 bits per heavy atom. The van der Waals surface area contributed by atoms with E-state index in [4.69, 9.17) is 4.52 Å². The van der Waals surface area contributed by atoms with Gasteiger partial charge in [0, 0.05) is 36.6 Å². The van der Waals surface area contributed by atoms with Crippen molar-refractivity contribution in [1.29, 1.82) is 0 Å². The van der Waals surface area contributed by atoms with Gasteiger partial charge in [0.25, 0.3) is 0 Å². The summed E-state index contributed by atoms with van der Waals surface area (Å²) in [6.07, 6.45) is 3.50. The van der Waals surface area contributed by atoms with E-state index in [9.17, 15) is 0 Å². The predicted molar refractivity (Wildman–Crippen MR) is 105 cm³/mol. The summed E-state index contributed by atoms with van der Waals surface area (Å²) < 4.78 is 7.54. The van der Waals surface area contributed by atoms with E-state index in [0.717, 1.165) is 33.6 Å². The summed E-state index contributed by atoms with van der Waals surface area (Å²) in [7, 11) is 1.96. The molecule has 3 heterocycles. The zero-order valence-corrected chi connectivity index (χ0v) is 16.1. The number of aryl methyl sites for hydroxylation is 1. The van der Waals surface area contributed by atoms with Crippen LogP contribution < -0.4 is 0 Å². The van der Waals surface area contributed by atoms with Crippen molar-refractivity contribution in [3.05, 3.63) is 66.1 Å². The molecule has 27 heavy (non-hydrogen) atoms. The van der Waals surface area contributed by atoms with Crippen molar-refractivity contribution < 1.29 is 4.52 Å². The lowest BCUT2D eigenvalue weighted by atomic mass is 10.1. The lowest BCUT2D eigenvalue weighted by molar-refractivity contribution is 0.424. The minimum atomic E-state index is 0.0838. The maximum absolute atomic E-state index is 5.56. The molecule has 0 saturated carbocycles. The molecule has 136 valence electrons. The molecule has 0 bridgehead atoms. The Balaban J connectivity index is 1.53.